The minimum atomic E-state index is -0.223. The van der Waals surface area contributed by atoms with Crippen molar-refractivity contribution >= 4 is 11.6 Å². The molecule has 2 rings (SSSR count). The molecule has 1 heterocycles. The van der Waals surface area contributed by atoms with Gasteiger partial charge in [-0.2, -0.15) is 0 Å². The van der Waals surface area contributed by atoms with Crippen LogP contribution >= 0.6 is 0 Å². The van der Waals surface area contributed by atoms with Crippen molar-refractivity contribution in [3.05, 3.63) is 42.1 Å². The number of para-hydroxylation sites is 1. The van der Waals surface area contributed by atoms with E-state index < -0.39 is 0 Å². The lowest BCUT2D eigenvalue weighted by molar-refractivity contribution is -0.114. The van der Waals surface area contributed by atoms with Crippen molar-refractivity contribution in [3.63, 3.8) is 0 Å². The summed E-state index contributed by atoms with van der Waals surface area (Å²) in [6.07, 6.45) is 5.15. The molecule has 0 spiro atoms. The summed E-state index contributed by atoms with van der Waals surface area (Å²) in [5.74, 6) is 1.04. The molecule has 7 heteroatoms. The molecular formula is C25H45N5O2. The van der Waals surface area contributed by atoms with Gasteiger partial charge in [-0.25, -0.2) is 0 Å². The summed E-state index contributed by atoms with van der Waals surface area (Å²) in [5, 5.41) is 6.09. The average molecular weight is 448 g/mol. The van der Waals surface area contributed by atoms with Crippen molar-refractivity contribution in [2.45, 2.75) is 47.1 Å². The van der Waals surface area contributed by atoms with Gasteiger partial charge >= 0.3 is 0 Å². The van der Waals surface area contributed by atoms with Gasteiger partial charge in [-0.05, 0) is 57.2 Å². The number of nitrogens with one attached hydrogen (secondary N) is 2. The zero-order chi connectivity index (χ0) is 24.2. The number of likely N-dealkylation sites (tertiary alicyclic amines) is 1. The lowest BCUT2D eigenvalue weighted by Crippen LogP contribution is -2.38. The number of amides is 1. The maximum atomic E-state index is 12.5. The van der Waals surface area contributed by atoms with Crippen LogP contribution in [-0.4, -0.2) is 63.4 Å². The lowest BCUT2D eigenvalue weighted by Gasteiger charge is -2.31. The second-order valence-electron chi connectivity index (χ2n) is 6.97. The molecule has 32 heavy (non-hydrogen) atoms. The van der Waals surface area contributed by atoms with E-state index in [0.29, 0.717) is 24.7 Å². The molecule has 0 radical (unpaired) electrons. The van der Waals surface area contributed by atoms with Crippen LogP contribution in [-0.2, 0) is 11.3 Å². The number of carbonyl (C=O) groups excluding carboxylic acids is 1. The summed E-state index contributed by atoms with van der Waals surface area (Å²) >= 11 is 0. The molecule has 0 aliphatic carbocycles. The monoisotopic (exact) mass is 447 g/mol. The molecule has 0 unspecified atom stereocenters. The summed E-state index contributed by atoms with van der Waals surface area (Å²) in [4.78, 5) is 19.6. The van der Waals surface area contributed by atoms with Gasteiger partial charge in [0, 0.05) is 31.7 Å². The van der Waals surface area contributed by atoms with E-state index in [0.717, 1.165) is 50.3 Å². The van der Waals surface area contributed by atoms with E-state index >= 15 is 0 Å². The predicted molar refractivity (Wildman–Crippen MR) is 136 cm³/mol. The van der Waals surface area contributed by atoms with Crippen LogP contribution in [0, 0.1) is 5.92 Å². The SMILES string of the molecule is CC.CC.CNCCN1CCC(CN=C(/C=C\N)C(=O)NCc2ccccc2OC)CC1. The van der Waals surface area contributed by atoms with Crippen LogP contribution in [0.2, 0.25) is 0 Å². The van der Waals surface area contributed by atoms with E-state index in [1.807, 2.05) is 59.0 Å². The highest BCUT2D eigenvalue weighted by atomic mass is 16.5. The van der Waals surface area contributed by atoms with Gasteiger partial charge in [-0.1, -0.05) is 45.9 Å². The Labute approximate surface area is 195 Å². The fourth-order valence-corrected chi connectivity index (χ4v) is 3.30. The number of hydrogen-bond acceptors (Lipinski definition) is 6. The average Bonchev–Trinajstić information content (AvgIpc) is 2.87. The second-order valence-corrected chi connectivity index (χ2v) is 6.97. The molecule has 1 fully saturated rings. The van der Waals surface area contributed by atoms with E-state index in [4.69, 9.17) is 10.5 Å². The van der Waals surface area contributed by atoms with E-state index in [-0.39, 0.29) is 5.91 Å². The molecule has 0 saturated carbocycles. The normalized spacial score (nSPS) is 14.8. The maximum Gasteiger partial charge on any atom is 0.269 e. The third kappa shape index (κ3) is 11.3. The van der Waals surface area contributed by atoms with Gasteiger partial charge in [0.1, 0.15) is 11.5 Å². The van der Waals surface area contributed by atoms with Gasteiger partial charge < -0.3 is 26.0 Å². The zero-order valence-electron chi connectivity index (χ0n) is 21.0. The molecule has 182 valence electrons. The number of hydrogen-bond donors (Lipinski definition) is 3. The Bertz CT molecular complexity index is 668. The van der Waals surface area contributed by atoms with Crippen LogP contribution in [0.15, 0.2) is 41.5 Å². The topological polar surface area (TPSA) is 92.0 Å². The highest BCUT2D eigenvalue weighted by Gasteiger charge is 2.19. The first-order valence-electron chi connectivity index (χ1n) is 11.9. The largest absolute Gasteiger partial charge is 0.496 e. The molecular weight excluding hydrogens is 402 g/mol. The quantitative estimate of drug-likeness (QED) is 0.479. The van der Waals surface area contributed by atoms with Crippen LogP contribution in [0.25, 0.3) is 0 Å². The van der Waals surface area contributed by atoms with Crippen molar-refractivity contribution in [1.82, 2.24) is 15.5 Å². The Balaban J connectivity index is 0.00000227. The summed E-state index contributed by atoms with van der Waals surface area (Å²) in [6.45, 7) is 13.3. The summed E-state index contributed by atoms with van der Waals surface area (Å²) < 4.78 is 5.32. The van der Waals surface area contributed by atoms with Crippen molar-refractivity contribution < 1.29 is 9.53 Å². The fraction of sp³-hybridized carbons (Fsp3) is 0.600. The maximum absolute atomic E-state index is 12.5. The minimum Gasteiger partial charge on any atom is -0.496 e. The highest BCUT2D eigenvalue weighted by molar-refractivity contribution is 6.43. The molecule has 1 aliphatic rings. The van der Waals surface area contributed by atoms with E-state index in [1.54, 1.807) is 13.2 Å². The number of rotatable bonds is 10. The number of nitrogens with zero attached hydrogens (tertiary/aromatic N) is 2. The second kappa shape index (κ2) is 19.3. The van der Waals surface area contributed by atoms with Crippen LogP contribution < -0.4 is 21.1 Å². The molecule has 1 saturated heterocycles. The van der Waals surface area contributed by atoms with Gasteiger partial charge in [-0.3, -0.25) is 9.79 Å². The van der Waals surface area contributed by atoms with Crippen molar-refractivity contribution in [2.24, 2.45) is 16.6 Å². The Morgan fingerprint density at radius 3 is 2.47 bits per heavy atom. The van der Waals surface area contributed by atoms with Gasteiger partial charge in [0.25, 0.3) is 5.91 Å². The van der Waals surface area contributed by atoms with E-state index in [1.165, 1.54) is 6.20 Å². The van der Waals surface area contributed by atoms with E-state index in [2.05, 4.69) is 20.5 Å². The number of benzene rings is 1. The molecule has 0 bridgehead atoms. The van der Waals surface area contributed by atoms with Crippen molar-refractivity contribution in [2.75, 3.05) is 46.9 Å². The Kier molecular flexibility index (Phi) is 17.9. The number of carbonyl (C=O) groups is 1. The molecule has 1 aromatic rings. The predicted octanol–water partition coefficient (Wildman–Crippen LogP) is 3.21. The molecule has 1 aliphatic heterocycles. The van der Waals surface area contributed by atoms with Gasteiger partial charge in [0.05, 0.1) is 7.11 Å². The zero-order valence-corrected chi connectivity index (χ0v) is 21.0. The summed E-state index contributed by atoms with van der Waals surface area (Å²) in [6, 6.07) is 7.62. The first kappa shape index (κ1) is 29.6. The van der Waals surface area contributed by atoms with Gasteiger partial charge in [0.15, 0.2) is 0 Å². The Morgan fingerprint density at radius 1 is 1.22 bits per heavy atom. The molecule has 1 amide bonds. The van der Waals surface area contributed by atoms with Crippen molar-refractivity contribution in [3.8, 4) is 5.75 Å². The Hall–Kier alpha value is -2.38. The summed E-state index contributed by atoms with van der Waals surface area (Å²) in [7, 11) is 3.60. The number of nitrogens with two attached hydrogens (primary N) is 1. The fourth-order valence-electron chi connectivity index (χ4n) is 3.30. The van der Waals surface area contributed by atoms with Crippen LogP contribution in [0.5, 0.6) is 5.75 Å². The highest BCUT2D eigenvalue weighted by Crippen LogP contribution is 2.18. The standard InChI is InChI=1S/C21H33N5O2.2C2H6/c1-23-11-14-26-12-8-17(9-13-26)15-24-19(7-10-22)21(27)25-16-18-5-3-4-6-20(18)28-2;2*1-2/h3-7,10,17,23H,8-9,11-16,22H2,1-2H3,(H,25,27);2*1-2H3/b10-7-,24-19?;;. The number of ether oxygens (including phenoxy) is 1. The van der Waals surface area contributed by atoms with Crippen LogP contribution in [0.3, 0.4) is 0 Å². The number of methoxy groups -OCH3 is 1. The minimum absolute atomic E-state index is 0.223. The Morgan fingerprint density at radius 2 is 1.88 bits per heavy atom. The van der Waals surface area contributed by atoms with Crippen LogP contribution in [0.4, 0.5) is 0 Å². The third-order valence-electron chi connectivity index (χ3n) is 5.02. The number of likely N-dealkylation sites (N-methyl/N-ethyl adjacent to an activating group) is 1. The van der Waals surface area contributed by atoms with E-state index in [9.17, 15) is 4.79 Å². The first-order valence-corrected chi connectivity index (χ1v) is 11.9. The molecule has 4 N–H and O–H groups in total. The third-order valence-corrected chi connectivity index (χ3v) is 5.02. The van der Waals surface area contributed by atoms with Crippen molar-refractivity contribution in [1.29, 1.82) is 0 Å². The van der Waals surface area contributed by atoms with Crippen LogP contribution in [0.1, 0.15) is 46.1 Å². The molecule has 7 nitrogen and oxygen atoms in total. The van der Waals surface area contributed by atoms with Gasteiger partial charge in [-0.15, -0.1) is 0 Å². The van der Waals surface area contributed by atoms with Gasteiger partial charge in [0.2, 0.25) is 0 Å². The summed E-state index contributed by atoms with van der Waals surface area (Å²) in [5.41, 5.74) is 6.81. The molecule has 0 atom stereocenters. The number of aliphatic imine (C=N–C) groups is 1. The smallest absolute Gasteiger partial charge is 0.269 e. The molecule has 0 aromatic heterocycles. The molecule has 1 aromatic carbocycles. The lowest BCUT2D eigenvalue weighted by atomic mass is 9.97. The number of piperidine rings is 1. The first-order chi connectivity index (χ1) is 15.7.